The summed E-state index contributed by atoms with van der Waals surface area (Å²) < 4.78 is 8.21. The van der Waals surface area contributed by atoms with Crippen molar-refractivity contribution in [2.24, 2.45) is 12.8 Å². The molecule has 0 saturated heterocycles. The van der Waals surface area contributed by atoms with Crippen LogP contribution in [0, 0.1) is 0 Å². The molecule has 18 heavy (non-hydrogen) atoms. The van der Waals surface area contributed by atoms with Crippen molar-refractivity contribution in [3.8, 4) is 0 Å². The molecule has 0 aliphatic carbocycles. The van der Waals surface area contributed by atoms with E-state index >= 15 is 0 Å². The fourth-order valence-corrected chi connectivity index (χ4v) is 2.58. The molecule has 0 aliphatic rings. The van der Waals surface area contributed by atoms with E-state index in [1.54, 1.807) is 7.11 Å². The van der Waals surface area contributed by atoms with Crippen LogP contribution >= 0.6 is 15.9 Å². The second-order valence-electron chi connectivity index (χ2n) is 4.25. The number of methoxy groups -OCH3 is 1. The monoisotopic (exact) mass is 315 g/mol. The maximum Gasteiger partial charge on any atom is 0.0770 e. The van der Waals surface area contributed by atoms with Gasteiger partial charge in [0.25, 0.3) is 0 Å². The van der Waals surface area contributed by atoms with Crippen LogP contribution in [0.25, 0.3) is 6.08 Å². The summed E-state index contributed by atoms with van der Waals surface area (Å²) in [4.78, 5) is 0. The summed E-state index contributed by atoms with van der Waals surface area (Å²) in [6.45, 7) is 3.44. The van der Waals surface area contributed by atoms with Crippen molar-refractivity contribution in [3.05, 3.63) is 21.4 Å². The van der Waals surface area contributed by atoms with Gasteiger partial charge in [-0.05, 0) is 53.4 Å². The van der Waals surface area contributed by atoms with Gasteiger partial charge in [-0.15, -0.1) is 0 Å². The second-order valence-corrected chi connectivity index (χ2v) is 5.04. The Labute approximate surface area is 117 Å². The summed E-state index contributed by atoms with van der Waals surface area (Å²) in [5.41, 5.74) is 8.98. The standard InChI is InChI=1S/C13H22BrN3O/c1-4-11-13(14)12(17(2)16-11)8-10(9-18-3)6-5-7-15/h8H,4-7,9,15H2,1-3H3/b10-8-. The Morgan fingerprint density at radius 1 is 1.56 bits per heavy atom. The lowest BCUT2D eigenvalue weighted by molar-refractivity contribution is 0.223. The van der Waals surface area contributed by atoms with Crippen LogP contribution < -0.4 is 5.73 Å². The van der Waals surface area contributed by atoms with Gasteiger partial charge in [-0.2, -0.15) is 5.10 Å². The van der Waals surface area contributed by atoms with Crippen LogP contribution in [0.3, 0.4) is 0 Å². The van der Waals surface area contributed by atoms with E-state index < -0.39 is 0 Å². The van der Waals surface area contributed by atoms with Crippen molar-refractivity contribution in [3.63, 3.8) is 0 Å². The molecular weight excluding hydrogens is 294 g/mol. The molecule has 102 valence electrons. The molecule has 1 heterocycles. The number of nitrogens with two attached hydrogens (primary N) is 1. The predicted molar refractivity (Wildman–Crippen MR) is 78.4 cm³/mol. The SMILES string of the molecule is CCc1nn(C)c(/C=C(/CCCN)COC)c1Br. The van der Waals surface area contributed by atoms with Gasteiger partial charge in [-0.25, -0.2) is 0 Å². The lowest BCUT2D eigenvalue weighted by Gasteiger charge is -2.06. The van der Waals surface area contributed by atoms with Gasteiger partial charge in [0.2, 0.25) is 0 Å². The van der Waals surface area contributed by atoms with Crippen LogP contribution in [-0.4, -0.2) is 30.0 Å². The molecule has 0 bridgehead atoms. The second kappa shape index (κ2) is 7.71. The molecule has 0 spiro atoms. The van der Waals surface area contributed by atoms with Crippen LogP contribution in [0.1, 0.15) is 31.2 Å². The van der Waals surface area contributed by atoms with Gasteiger partial charge in [0.1, 0.15) is 0 Å². The number of ether oxygens (including phenoxy) is 1. The van der Waals surface area contributed by atoms with Crippen molar-refractivity contribution in [1.82, 2.24) is 9.78 Å². The van der Waals surface area contributed by atoms with Gasteiger partial charge in [-0.1, -0.05) is 6.92 Å². The molecule has 0 aromatic carbocycles. The Morgan fingerprint density at radius 3 is 2.78 bits per heavy atom. The van der Waals surface area contributed by atoms with Crippen molar-refractivity contribution < 1.29 is 4.74 Å². The lowest BCUT2D eigenvalue weighted by Crippen LogP contribution is -2.03. The van der Waals surface area contributed by atoms with Crippen molar-refractivity contribution in [1.29, 1.82) is 0 Å². The van der Waals surface area contributed by atoms with Gasteiger partial charge in [-0.3, -0.25) is 4.68 Å². The molecule has 0 amide bonds. The summed E-state index contributed by atoms with van der Waals surface area (Å²) in [6, 6.07) is 0. The third-order valence-electron chi connectivity index (χ3n) is 2.81. The van der Waals surface area contributed by atoms with E-state index in [4.69, 9.17) is 10.5 Å². The van der Waals surface area contributed by atoms with Gasteiger partial charge >= 0.3 is 0 Å². The van der Waals surface area contributed by atoms with Crippen LogP contribution in [0.15, 0.2) is 10.0 Å². The molecule has 1 aromatic heterocycles. The number of hydrogen-bond donors (Lipinski definition) is 1. The lowest BCUT2D eigenvalue weighted by atomic mass is 10.1. The Kier molecular flexibility index (Phi) is 6.60. The minimum Gasteiger partial charge on any atom is -0.380 e. The summed E-state index contributed by atoms with van der Waals surface area (Å²) in [5, 5.41) is 4.48. The fraction of sp³-hybridized carbons (Fsp3) is 0.615. The molecule has 0 saturated carbocycles. The van der Waals surface area contributed by atoms with Crippen molar-refractivity contribution in [2.45, 2.75) is 26.2 Å². The van der Waals surface area contributed by atoms with Crippen LogP contribution in [0.4, 0.5) is 0 Å². The molecule has 1 aromatic rings. The summed E-state index contributed by atoms with van der Waals surface area (Å²) >= 11 is 3.62. The van der Waals surface area contributed by atoms with E-state index in [1.165, 1.54) is 5.57 Å². The van der Waals surface area contributed by atoms with Gasteiger partial charge < -0.3 is 10.5 Å². The van der Waals surface area contributed by atoms with Crippen LogP contribution in [-0.2, 0) is 18.2 Å². The van der Waals surface area contributed by atoms with E-state index in [1.807, 2.05) is 11.7 Å². The molecule has 0 fully saturated rings. The Hall–Kier alpha value is -0.650. The maximum absolute atomic E-state index is 5.56. The predicted octanol–water partition coefficient (Wildman–Crippen LogP) is 2.51. The molecule has 4 nitrogen and oxygen atoms in total. The molecule has 0 radical (unpaired) electrons. The van der Waals surface area contributed by atoms with E-state index in [0.717, 1.165) is 35.1 Å². The first-order chi connectivity index (χ1) is 8.63. The van der Waals surface area contributed by atoms with E-state index in [2.05, 4.69) is 34.0 Å². The zero-order valence-corrected chi connectivity index (χ0v) is 13.0. The Bertz CT molecular complexity index is 413. The average molecular weight is 316 g/mol. The van der Waals surface area contributed by atoms with Crippen molar-refractivity contribution >= 4 is 22.0 Å². The summed E-state index contributed by atoms with van der Waals surface area (Å²) in [6.07, 6.45) is 5.01. The third-order valence-corrected chi connectivity index (χ3v) is 3.67. The largest absolute Gasteiger partial charge is 0.380 e. The molecule has 2 N–H and O–H groups in total. The highest BCUT2D eigenvalue weighted by Crippen LogP contribution is 2.24. The summed E-state index contributed by atoms with van der Waals surface area (Å²) in [5.74, 6) is 0. The number of nitrogens with zero attached hydrogens (tertiary/aromatic N) is 2. The highest BCUT2D eigenvalue weighted by molar-refractivity contribution is 9.10. The number of aromatic nitrogens is 2. The number of rotatable bonds is 7. The number of hydrogen-bond acceptors (Lipinski definition) is 3. The van der Waals surface area contributed by atoms with E-state index in [9.17, 15) is 0 Å². The highest BCUT2D eigenvalue weighted by atomic mass is 79.9. The minimum atomic E-state index is 0.638. The zero-order valence-electron chi connectivity index (χ0n) is 11.4. The Morgan fingerprint density at radius 2 is 2.28 bits per heavy atom. The van der Waals surface area contributed by atoms with Gasteiger partial charge in [0.15, 0.2) is 0 Å². The smallest absolute Gasteiger partial charge is 0.0770 e. The quantitative estimate of drug-likeness (QED) is 0.841. The first-order valence-corrected chi connectivity index (χ1v) is 7.03. The van der Waals surface area contributed by atoms with Gasteiger partial charge in [0, 0.05) is 14.2 Å². The topological polar surface area (TPSA) is 53.1 Å². The fourth-order valence-electron chi connectivity index (χ4n) is 1.85. The normalized spacial score (nSPS) is 12.2. The van der Waals surface area contributed by atoms with Crippen LogP contribution in [0.5, 0.6) is 0 Å². The van der Waals surface area contributed by atoms with E-state index in [-0.39, 0.29) is 0 Å². The number of aryl methyl sites for hydroxylation is 2. The Balaban J connectivity index is 2.99. The molecule has 5 heteroatoms. The van der Waals surface area contributed by atoms with Gasteiger partial charge in [0.05, 0.1) is 22.5 Å². The first kappa shape index (κ1) is 15.4. The molecular formula is C13H22BrN3O. The first-order valence-electron chi connectivity index (χ1n) is 6.23. The summed E-state index contributed by atoms with van der Waals surface area (Å²) in [7, 11) is 3.68. The maximum atomic E-state index is 5.56. The minimum absolute atomic E-state index is 0.638. The van der Waals surface area contributed by atoms with Crippen LogP contribution in [0.2, 0.25) is 0 Å². The zero-order chi connectivity index (χ0) is 13.5. The molecule has 0 unspecified atom stereocenters. The molecule has 0 atom stereocenters. The van der Waals surface area contributed by atoms with E-state index in [0.29, 0.717) is 13.2 Å². The third kappa shape index (κ3) is 3.93. The molecule has 0 aliphatic heterocycles. The average Bonchev–Trinajstić information content (AvgIpc) is 2.63. The molecule has 1 rings (SSSR count). The highest BCUT2D eigenvalue weighted by Gasteiger charge is 2.11. The number of halogens is 1. The van der Waals surface area contributed by atoms with Crippen molar-refractivity contribution in [2.75, 3.05) is 20.3 Å².